The summed E-state index contributed by atoms with van der Waals surface area (Å²) in [7, 11) is 0. The van der Waals surface area contributed by atoms with Gasteiger partial charge in [-0.15, -0.1) is 0 Å². The normalized spacial score (nSPS) is 13.7. The summed E-state index contributed by atoms with van der Waals surface area (Å²) in [5.41, 5.74) is 2.10. The predicted molar refractivity (Wildman–Crippen MR) is 126 cm³/mol. The minimum Gasteiger partial charge on any atom is -0.368 e. The highest BCUT2D eigenvalue weighted by Crippen LogP contribution is 2.20. The van der Waals surface area contributed by atoms with Gasteiger partial charge in [0.15, 0.2) is 0 Å². The third-order valence-corrected chi connectivity index (χ3v) is 5.98. The van der Waals surface area contributed by atoms with Gasteiger partial charge in [-0.25, -0.2) is 4.39 Å². The van der Waals surface area contributed by atoms with Crippen LogP contribution in [0.25, 0.3) is 11.4 Å². The fraction of sp³-hybridized carbons (Fsp3) is 0.333. The van der Waals surface area contributed by atoms with Gasteiger partial charge in [-0.1, -0.05) is 28.9 Å². The summed E-state index contributed by atoms with van der Waals surface area (Å²) >= 11 is 5.94. The number of amides is 2. The molecule has 8 nitrogen and oxygen atoms in total. The molecule has 0 radical (unpaired) electrons. The van der Waals surface area contributed by atoms with Gasteiger partial charge < -0.3 is 19.6 Å². The van der Waals surface area contributed by atoms with E-state index in [0.717, 1.165) is 5.69 Å². The summed E-state index contributed by atoms with van der Waals surface area (Å²) in [5, 5.41) is 7.19. The van der Waals surface area contributed by atoms with Crippen LogP contribution < -0.4 is 10.2 Å². The number of piperazine rings is 1. The van der Waals surface area contributed by atoms with Crippen molar-refractivity contribution in [2.75, 3.05) is 37.6 Å². The highest BCUT2D eigenvalue weighted by Gasteiger charge is 2.21. The number of hydrogen-bond donors (Lipinski definition) is 1. The highest BCUT2D eigenvalue weighted by atomic mass is 35.5. The Labute approximate surface area is 201 Å². The van der Waals surface area contributed by atoms with Crippen LogP contribution in [0.2, 0.25) is 5.02 Å². The van der Waals surface area contributed by atoms with Crippen molar-refractivity contribution in [2.24, 2.45) is 0 Å². The van der Waals surface area contributed by atoms with E-state index >= 15 is 0 Å². The zero-order valence-electron chi connectivity index (χ0n) is 18.8. The molecule has 0 bridgehead atoms. The molecule has 0 aliphatic carbocycles. The fourth-order valence-electron chi connectivity index (χ4n) is 3.67. The Morgan fingerprint density at radius 1 is 1.12 bits per heavy atom. The number of carbonyl (C=O) groups excluding carboxylic acids is 2. The average Bonchev–Trinajstić information content (AvgIpc) is 3.33. The standard InChI is InChI=1S/C24H25ClFN5O3/c1-16-2-3-17(14-20(16)26)24-28-22(34-29-24)9-8-21(32)27-15-23(33)31-12-10-30(11-13-31)19-6-4-18(25)5-7-19/h2-7,14H,8-13,15H2,1H3,(H,27,32). The van der Waals surface area contributed by atoms with Crippen LogP contribution in [0.3, 0.4) is 0 Å². The summed E-state index contributed by atoms with van der Waals surface area (Å²) in [5.74, 6) is -0.211. The number of aryl methyl sites for hydroxylation is 2. The molecule has 2 heterocycles. The maximum absolute atomic E-state index is 13.7. The van der Waals surface area contributed by atoms with Gasteiger partial charge in [-0.05, 0) is 42.8 Å². The molecule has 10 heteroatoms. The number of nitrogens with zero attached hydrogens (tertiary/aromatic N) is 4. The number of anilines is 1. The lowest BCUT2D eigenvalue weighted by Crippen LogP contribution is -2.51. The van der Waals surface area contributed by atoms with Gasteiger partial charge in [0.1, 0.15) is 5.82 Å². The first kappa shape index (κ1) is 23.7. The minimum absolute atomic E-state index is 0.0580. The molecule has 1 aromatic heterocycles. The average molecular weight is 486 g/mol. The number of halogens is 2. The van der Waals surface area contributed by atoms with Crippen LogP contribution in [0.1, 0.15) is 17.9 Å². The monoisotopic (exact) mass is 485 g/mol. The van der Waals surface area contributed by atoms with Crippen molar-refractivity contribution in [3.8, 4) is 11.4 Å². The molecular formula is C24H25ClFN5O3. The first-order valence-corrected chi connectivity index (χ1v) is 11.4. The molecule has 34 heavy (non-hydrogen) atoms. The van der Waals surface area contributed by atoms with Crippen LogP contribution in [-0.2, 0) is 16.0 Å². The third-order valence-electron chi connectivity index (χ3n) is 5.72. The Balaban J connectivity index is 1.19. The molecule has 0 atom stereocenters. The number of carbonyl (C=O) groups is 2. The lowest BCUT2D eigenvalue weighted by atomic mass is 10.1. The molecule has 1 fully saturated rings. The molecule has 1 N–H and O–H groups in total. The molecule has 178 valence electrons. The van der Waals surface area contributed by atoms with E-state index in [2.05, 4.69) is 20.4 Å². The first-order chi connectivity index (χ1) is 16.4. The summed E-state index contributed by atoms with van der Waals surface area (Å²) in [6.45, 7) is 4.21. The zero-order valence-corrected chi connectivity index (χ0v) is 19.5. The van der Waals surface area contributed by atoms with Crippen LogP contribution in [0, 0.1) is 12.7 Å². The summed E-state index contributed by atoms with van der Waals surface area (Å²) in [6, 6.07) is 12.3. The molecule has 0 unspecified atom stereocenters. The maximum atomic E-state index is 13.7. The van der Waals surface area contributed by atoms with Crippen molar-refractivity contribution >= 4 is 29.1 Å². The van der Waals surface area contributed by atoms with Crippen LogP contribution in [-0.4, -0.2) is 59.6 Å². The second-order valence-corrected chi connectivity index (χ2v) is 8.53. The van der Waals surface area contributed by atoms with E-state index in [0.29, 0.717) is 42.3 Å². The Morgan fingerprint density at radius 2 is 1.85 bits per heavy atom. The van der Waals surface area contributed by atoms with Crippen molar-refractivity contribution in [2.45, 2.75) is 19.8 Å². The van der Waals surface area contributed by atoms with Crippen molar-refractivity contribution < 1.29 is 18.5 Å². The number of aromatic nitrogens is 2. The fourth-order valence-corrected chi connectivity index (χ4v) is 3.79. The maximum Gasteiger partial charge on any atom is 0.242 e. The second kappa shape index (κ2) is 10.6. The van der Waals surface area contributed by atoms with Gasteiger partial charge in [0.05, 0.1) is 6.54 Å². The third kappa shape index (κ3) is 5.91. The topological polar surface area (TPSA) is 91.6 Å². The zero-order chi connectivity index (χ0) is 24.1. The first-order valence-electron chi connectivity index (χ1n) is 11.0. The summed E-state index contributed by atoms with van der Waals surface area (Å²) in [6.07, 6.45) is 0.322. The molecule has 2 aromatic carbocycles. The van der Waals surface area contributed by atoms with Crippen molar-refractivity contribution in [3.05, 3.63) is 64.8 Å². The van der Waals surface area contributed by atoms with E-state index in [1.54, 1.807) is 24.0 Å². The van der Waals surface area contributed by atoms with E-state index in [4.69, 9.17) is 16.1 Å². The largest absolute Gasteiger partial charge is 0.368 e. The number of hydrogen-bond acceptors (Lipinski definition) is 6. The number of benzene rings is 2. The molecule has 3 aromatic rings. The van der Waals surface area contributed by atoms with Crippen molar-refractivity contribution in [1.82, 2.24) is 20.4 Å². The lowest BCUT2D eigenvalue weighted by Gasteiger charge is -2.36. The molecule has 1 aliphatic rings. The highest BCUT2D eigenvalue weighted by molar-refractivity contribution is 6.30. The molecule has 0 saturated carbocycles. The SMILES string of the molecule is Cc1ccc(-c2noc(CCC(=O)NCC(=O)N3CCN(c4ccc(Cl)cc4)CC3)n2)cc1F. The Morgan fingerprint density at radius 3 is 2.56 bits per heavy atom. The van der Waals surface area contributed by atoms with Gasteiger partial charge in [0.2, 0.25) is 23.5 Å². The smallest absolute Gasteiger partial charge is 0.242 e. The predicted octanol–water partition coefficient (Wildman–Crippen LogP) is 3.24. The van der Waals surface area contributed by atoms with Crippen LogP contribution in [0.15, 0.2) is 47.0 Å². The van der Waals surface area contributed by atoms with Crippen molar-refractivity contribution in [3.63, 3.8) is 0 Å². The van der Waals surface area contributed by atoms with E-state index < -0.39 is 0 Å². The van der Waals surface area contributed by atoms with Crippen molar-refractivity contribution in [1.29, 1.82) is 0 Å². The molecule has 4 rings (SSSR count). The summed E-state index contributed by atoms with van der Waals surface area (Å²) < 4.78 is 18.9. The molecule has 2 amide bonds. The van der Waals surface area contributed by atoms with Gasteiger partial charge in [-0.2, -0.15) is 4.98 Å². The van der Waals surface area contributed by atoms with Gasteiger partial charge in [0.25, 0.3) is 0 Å². The van der Waals surface area contributed by atoms with E-state index in [1.807, 2.05) is 24.3 Å². The Bertz CT molecular complexity index is 1160. The molecule has 1 saturated heterocycles. The van der Waals surface area contributed by atoms with Gasteiger partial charge in [-0.3, -0.25) is 9.59 Å². The van der Waals surface area contributed by atoms with E-state index in [9.17, 15) is 14.0 Å². The second-order valence-electron chi connectivity index (χ2n) is 8.10. The Kier molecular flexibility index (Phi) is 7.42. The van der Waals surface area contributed by atoms with Crippen LogP contribution in [0.5, 0.6) is 0 Å². The van der Waals surface area contributed by atoms with Crippen LogP contribution >= 0.6 is 11.6 Å². The molecule has 0 spiro atoms. The molecular weight excluding hydrogens is 461 g/mol. The quantitative estimate of drug-likeness (QED) is 0.552. The minimum atomic E-state index is -0.348. The van der Waals surface area contributed by atoms with Gasteiger partial charge in [0, 0.05) is 55.3 Å². The van der Waals surface area contributed by atoms with E-state index in [-0.39, 0.29) is 48.7 Å². The lowest BCUT2D eigenvalue weighted by molar-refractivity contribution is -0.133. The van der Waals surface area contributed by atoms with Gasteiger partial charge >= 0.3 is 0 Å². The van der Waals surface area contributed by atoms with Crippen LogP contribution in [0.4, 0.5) is 10.1 Å². The summed E-state index contributed by atoms with van der Waals surface area (Å²) in [4.78, 5) is 32.8. The number of rotatable bonds is 7. The molecule has 1 aliphatic heterocycles. The Hall–Kier alpha value is -3.46. The number of nitrogens with one attached hydrogen (secondary N) is 1. The van der Waals surface area contributed by atoms with E-state index in [1.165, 1.54) is 6.07 Å².